The maximum absolute atomic E-state index is 9.70. The fourth-order valence-corrected chi connectivity index (χ4v) is 7.10. The molecular weight excluding hydrogens is 985 g/mol. The summed E-state index contributed by atoms with van der Waals surface area (Å²) >= 11 is 0. The molecule has 0 saturated carbocycles. The van der Waals surface area contributed by atoms with Gasteiger partial charge < -0.3 is 80.5 Å². The van der Waals surface area contributed by atoms with Crippen LogP contribution >= 0.6 is 0 Å². The van der Waals surface area contributed by atoms with Crippen molar-refractivity contribution in [3.8, 4) is 40.9 Å². The smallest absolute Gasteiger partial charge is 0.123 e. The first-order chi connectivity index (χ1) is 37.5. The van der Waals surface area contributed by atoms with Gasteiger partial charge in [-0.25, -0.2) is 0 Å². The topological polar surface area (TPSA) is 204 Å². The van der Waals surface area contributed by atoms with E-state index in [1.165, 1.54) is 0 Å². The number of methoxy groups -OCH3 is 4. The Morgan fingerprint density at radius 2 is 0.566 bits per heavy atom. The summed E-state index contributed by atoms with van der Waals surface area (Å²) in [5.41, 5.74) is 5.30. The van der Waals surface area contributed by atoms with Crippen LogP contribution in [0.4, 0.5) is 0 Å². The molecule has 0 atom stereocenters. The third-order valence-electron chi connectivity index (χ3n) is 10.6. The summed E-state index contributed by atoms with van der Waals surface area (Å²) in [7, 11) is 6.54. The van der Waals surface area contributed by atoms with E-state index in [1.807, 2.05) is 36.4 Å². The Hall–Kier alpha value is -5.62. The molecular formula is C57H78N2O17. The van der Waals surface area contributed by atoms with Gasteiger partial charge in [-0.3, -0.25) is 0 Å². The maximum Gasteiger partial charge on any atom is 0.123 e. The van der Waals surface area contributed by atoms with E-state index in [-0.39, 0.29) is 17.7 Å². The fraction of sp³-hybridized carbons (Fsp3) is 0.544. The van der Waals surface area contributed by atoms with Crippen molar-refractivity contribution in [2.45, 2.75) is 19.4 Å². The normalized spacial score (nSPS) is 11.1. The third-order valence-corrected chi connectivity index (χ3v) is 10.6. The van der Waals surface area contributed by atoms with Gasteiger partial charge in [-0.05, 0) is 83.1 Å². The Bertz CT molecular complexity index is 2040. The highest BCUT2D eigenvalue weighted by atomic mass is 16.6. The van der Waals surface area contributed by atoms with E-state index < -0.39 is 0 Å². The van der Waals surface area contributed by atoms with E-state index in [0.717, 1.165) is 27.8 Å². The zero-order chi connectivity index (χ0) is 53.9. The molecule has 0 saturated heterocycles. The quantitative estimate of drug-likeness (QED) is 0.0438. The molecule has 0 radical (unpaired) electrons. The average Bonchev–Trinajstić information content (AvgIpc) is 3.42. The van der Waals surface area contributed by atoms with Crippen LogP contribution in [0, 0.1) is 22.7 Å². The second-order valence-electron chi connectivity index (χ2n) is 16.6. The standard InChI is InChI=1S/C57H78N2O17/c1-60-7-11-64-15-19-68-23-27-72-54-36-48(37-55(41-54)73-28-24-69-20-16-65-12-8-61-2)32-46-31-47(35-50(34-46)45-76-53-6-5-51(43-58)52(40-53)44-59)33-49-38-56(74-29-25-70-21-17-66-13-9-62-3)42-57(39-49)75-30-26-71-22-18-67-14-10-63-4/h5-6,31,34-42H,7-30,32-33,45H2,1-4H3. The van der Waals surface area contributed by atoms with Gasteiger partial charge in [-0.15, -0.1) is 0 Å². The number of ether oxygens (including phenoxy) is 17. The molecule has 0 aliphatic heterocycles. The second kappa shape index (κ2) is 41.5. The Kier molecular flexibility index (Phi) is 34.4. The molecule has 0 bridgehead atoms. The van der Waals surface area contributed by atoms with Crippen LogP contribution in [0.3, 0.4) is 0 Å². The van der Waals surface area contributed by atoms with Gasteiger partial charge in [0.25, 0.3) is 0 Å². The van der Waals surface area contributed by atoms with Gasteiger partial charge in [-0.2, -0.15) is 10.5 Å². The molecule has 4 aromatic rings. The summed E-state index contributed by atoms with van der Waals surface area (Å²) in [6.07, 6.45) is 1.03. The third kappa shape index (κ3) is 28.5. The Labute approximate surface area is 448 Å². The van der Waals surface area contributed by atoms with Crippen molar-refractivity contribution in [3.63, 3.8) is 0 Å². The Morgan fingerprint density at radius 1 is 0.276 bits per heavy atom. The minimum atomic E-state index is 0.191. The number of nitrogens with zero attached hydrogens (tertiary/aromatic N) is 2. The van der Waals surface area contributed by atoms with Crippen molar-refractivity contribution in [2.24, 2.45) is 0 Å². The SMILES string of the molecule is COCCOCCOCCOc1cc(Cc2cc(COc3ccc(C#N)c(C#N)c3)cc(Cc3cc(OCCOCCOCCOC)cc(OCCOCCOCCOC)c3)c2)cc(OCCOCCOCCOC)c1. The Balaban J connectivity index is 1.57. The van der Waals surface area contributed by atoms with E-state index in [9.17, 15) is 10.5 Å². The van der Waals surface area contributed by atoms with Crippen LogP contribution in [-0.2, 0) is 76.3 Å². The van der Waals surface area contributed by atoms with Gasteiger partial charge in [0.15, 0.2) is 0 Å². The van der Waals surface area contributed by atoms with Crippen molar-refractivity contribution >= 4 is 0 Å². The predicted octanol–water partition coefficient (Wildman–Crippen LogP) is 6.42. The van der Waals surface area contributed by atoms with Crippen molar-refractivity contribution in [2.75, 3.05) is 187 Å². The van der Waals surface area contributed by atoms with Crippen LogP contribution in [-0.4, -0.2) is 187 Å². The van der Waals surface area contributed by atoms with Crippen molar-refractivity contribution < 1.29 is 80.5 Å². The molecule has 418 valence electrons. The lowest BCUT2D eigenvalue weighted by Crippen LogP contribution is -2.13. The van der Waals surface area contributed by atoms with Crippen molar-refractivity contribution in [3.05, 3.63) is 112 Å². The molecule has 0 heterocycles. The summed E-state index contributed by atoms with van der Waals surface area (Å²) in [4.78, 5) is 0. The largest absolute Gasteiger partial charge is 0.491 e. The van der Waals surface area contributed by atoms with Gasteiger partial charge in [0.2, 0.25) is 0 Å². The van der Waals surface area contributed by atoms with Crippen molar-refractivity contribution in [1.29, 1.82) is 10.5 Å². The van der Waals surface area contributed by atoms with Gasteiger partial charge in [0.1, 0.15) is 73.9 Å². The first kappa shape index (κ1) is 62.9. The molecule has 0 N–H and O–H groups in total. The van der Waals surface area contributed by atoms with Gasteiger partial charge >= 0.3 is 0 Å². The average molecular weight is 1060 g/mol. The number of benzene rings is 4. The van der Waals surface area contributed by atoms with E-state index in [4.69, 9.17) is 80.5 Å². The first-order valence-corrected chi connectivity index (χ1v) is 25.5. The van der Waals surface area contributed by atoms with Crippen molar-refractivity contribution in [1.82, 2.24) is 0 Å². The van der Waals surface area contributed by atoms with Gasteiger partial charge in [0, 0.05) is 40.6 Å². The number of rotatable bonds is 47. The monoisotopic (exact) mass is 1060 g/mol. The van der Waals surface area contributed by atoms with Crippen LogP contribution in [0.5, 0.6) is 28.7 Å². The predicted molar refractivity (Wildman–Crippen MR) is 281 cm³/mol. The first-order valence-electron chi connectivity index (χ1n) is 25.5. The lowest BCUT2D eigenvalue weighted by atomic mass is 9.96. The molecule has 19 heteroatoms. The van der Waals surface area contributed by atoms with E-state index in [2.05, 4.69) is 30.3 Å². The lowest BCUT2D eigenvalue weighted by Gasteiger charge is -2.16. The summed E-state index contributed by atoms with van der Waals surface area (Å²) in [6.45, 7) is 10.6. The number of nitriles is 2. The molecule has 0 fully saturated rings. The molecule has 0 aliphatic carbocycles. The van der Waals surface area contributed by atoms with Crippen LogP contribution in [0.1, 0.15) is 38.9 Å². The molecule has 4 aromatic carbocycles. The molecule has 19 nitrogen and oxygen atoms in total. The maximum atomic E-state index is 9.70. The van der Waals surface area contributed by atoms with Crippen LogP contribution in [0.2, 0.25) is 0 Å². The van der Waals surface area contributed by atoms with Crippen LogP contribution in [0.25, 0.3) is 0 Å². The van der Waals surface area contributed by atoms with Gasteiger partial charge in [0.05, 0.1) is 143 Å². The summed E-state index contributed by atoms with van der Waals surface area (Å²) in [5, 5.41) is 19.2. The number of hydrogen-bond acceptors (Lipinski definition) is 19. The molecule has 0 amide bonds. The van der Waals surface area contributed by atoms with Crippen LogP contribution in [0.15, 0.2) is 72.8 Å². The molecule has 76 heavy (non-hydrogen) atoms. The zero-order valence-corrected chi connectivity index (χ0v) is 44.9. The summed E-state index contributed by atoms with van der Waals surface area (Å²) in [5.74, 6) is 2.97. The minimum absolute atomic E-state index is 0.191. The highest BCUT2D eigenvalue weighted by molar-refractivity contribution is 5.49. The van der Waals surface area contributed by atoms with Crippen LogP contribution < -0.4 is 23.7 Å². The molecule has 0 spiro atoms. The molecule has 0 aromatic heterocycles. The highest BCUT2D eigenvalue weighted by Gasteiger charge is 2.12. The molecule has 4 rings (SSSR count). The summed E-state index contributed by atoms with van der Waals surface area (Å²) in [6, 6.07) is 27.1. The van der Waals surface area contributed by atoms with E-state index >= 15 is 0 Å². The zero-order valence-electron chi connectivity index (χ0n) is 44.9. The minimum Gasteiger partial charge on any atom is -0.491 e. The fourth-order valence-electron chi connectivity index (χ4n) is 7.10. The highest BCUT2D eigenvalue weighted by Crippen LogP contribution is 2.29. The molecule has 0 unspecified atom stereocenters. The number of hydrogen-bond donors (Lipinski definition) is 0. The Morgan fingerprint density at radius 3 is 0.882 bits per heavy atom. The summed E-state index contributed by atoms with van der Waals surface area (Å²) < 4.78 is 96.3. The molecule has 0 aliphatic rings. The van der Waals surface area contributed by atoms with E-state index in [0.29, 0.717) is 200 Å². The van der Waals surface area contributed by atoms with E-state index in [1.54, 1.807) is 46.6 Å². The second-order valence-corrected chi connectivity index (χ2v) is 16.6. The van der Waals surface area contributed by atoms with Gasteiger partial charge in [-0.1, -0.05) is 18.2 Å². The lowest BCUT2D eigenvalue weighted by molar-refractivity contribution is 0.0174.